The highest BCUT2D eigenvalue weighted by Crippen LogP contribution is 2.24. The van der Waals surface area contributed by atoms with Crippen LogP contribution in [0.15, 0.2) is 18.2 Å². The Bertz CT molecular complexity index is 501. The van der Waals surface area contributed by atoms with Crippen molar-refractivity contribution >= 4 is 27.3 Å². The molecule has 0 saturated heterocycles. The van der Waals surface area contributed by atoms with Gasteiger partial charge in [0, 0.05) is 6.92 Å². The Labute approximate surface area is 93.0 Å². The number of carbonyl (C=O) groups excluding carboxylic acids is 1. The van der Waals surface area contributed by atoms with Gasteiger partial charge in [0.2, 0.25) is 0 Å². The normalized spacial score (nSPS) is 10.8. The monoisotopic (exact) mass is 219 g/mol. The minimum absolute atomic E-state index is 0.0493. The first-order chi connectivity index (χ1) is 7.20. The Balaban J connectivity index is 2.47. The fourth-order valence-corrected chi connectivity index (χ4v) is 2.49. The first kappa shape index (κ1) is 10.3. The van der Waals surface area contributed by atoms with Gasteiger partial charge < -0.3 is 0 Å². The van der Waals surface area contributed by atoms with E-state index in [-0.39, 0.29) is 5.78 Å². The van der Waals surface area contributed by atoms with Crippen LogP contribution in [0.3, 0.4) is 0 Å². The Morgan fingerprint density at radius 3 is 2.93 bits per heavy atom. The molecule has 1 aromatic carbocycles. The third-order valence-corrected chi connectivity index (χ3v) is 3.41. The molecule has 0 N–H and O–H groups in total. The van der Waals surface area contributed by atoms with Crippen molar-refractivity contribution in [2.45, 2.75) is 26.7 Å². The van der Waals surface area contributed by atoms with Gasteiger partial charge in [0.25, 0.3) is 0 Å². The van der Waals surface area contributed by atoms with E-state index in [2.05, 4.69) is 24.0 Å². The molecule has 78 valence electrons. The highest BCUT2D eigenvalue weighted by molar-refractivity contribution is 7.20. The van der Waals surface area contributed by atoms with Crippen LogP contribution in [0.2, 0.25) is 0 Å². The zero-order valence-electron chi connectivity index (χ0n) is 8.91. The van der Waals surface area contributed by atoms with Crippen LogP contribution in [0.1, 0.15) is 35.6 Å². The number of carbonyl (C=O) groups is 1. The number of nitrogens with zero attached hydrogens (tertiary/aromatic N) is 1. The van der Waals surface area contributed by atoms with Crippen molar-refractivity contribution < 1.29 is 4.79 Å². The SMILES string of the molecule is CCCc1ccc2nc(C(C)=O)sc2c1. The number of hydrogen-bond donors (Lipinski definition) is 0. The van der Waals surface area contributed by atoms with Gasteiger partial charge in [-0.05, 0) is 24.1 Å². The van der Waals surface area contributed by atoms with Crippen molar-refractivity contribution in [3.63, 3.8) is 0 Å². The van der Waals surface area contributed by atoms with Gasteiger partial charge in [-0.25, -0.2) is 4.98 Å². The quantitative estimate of drug-likeness (QED) is 0.740. The molecule has 0 fully saturated rings. The number of Topliss-reactive ketones (excluding diaryl/α,β-unsaturated/α-hetero) is 1. The lowest BCUT2D eigenvalue weighted by atomic mass is 10.1. The Morgan fingerprint density at radius 1 is 1.47 bits per heavy atom. The molecule has 2 aromatic rings. The minimum atomic E-state index is 0.0493. The molecule has 0 radical (unpaired) electrons. The van der Waals surface area contributed by atoms with Crippen LogP contribution in [0.5, 0.6) is 0 Å². The Kier molecular flexibility index (Phi) is 2.82. The average Bonchev–Trinajstić information content (AvgIpc) is 2.61. The van der Waals surface area contributed by atoms with Crippen molar-refractivity contribution in [1.29, 1.82) is 0 Å². The Hall–Kier alpha value is -1.22. The van der Waals surface area contributed by atoms with E-state index < -0.39 is 0 Å². The number of aromatic nitrogens is 1. The van der Waals surface area contributed by atoms with Crippen molar-refractivity contribution in [2.75, 3.05) is 0 Å². The van der Waals surface area contributed by atoms with Crippen molar-refractivity contribution in [3.8, 4) is 0 Å². The second-order valence-electron chi connectivity index (χ2n) is 3.63. The highest BCUT2D eigenvalue weighted by atomic mass is 32.1. The molecule has 0 saturated carbocycles. The molecule has 1 heterocycles. The minimum Gasteiger partial charge on any atom is -0.292 e. The van der Waals surface area contributed by atoms with Gasteiger partial charge in [-0.2, -0.15) is 0 Å². The summed E-state index contributed by atoms with van der Waals surface area (Å²) in [6.07, 6.45) is 2.23. The van der Waals surface area contributed by atoms with Crippen LogP contribution < -0.4 is 0 Å². The van der Waals surface area contributed by atoms with Crippen molar-refractivity contribution in [1.82, 2.24) is 4.98 Å². The predicted molar refractivity (Wildman–Crippen MR) is 63.6 cm³/mol. The molecular weight excluding hydrogens is 206 g/mol. The molecular formula is C12H13NOS. The molecule has 2 nitrogen and oxygen atoms in total. The van der Waals surface area contributed by atoms with E-state index in [0.29, 0.717) is 5.01 Å². The molecule has 0 atom stereocenters. The van der Waals surface area contributed by atoms with E-state index in [1.165, 1.54) is 16.9 Å². The van der Waals surface area contributed by atoms with E-state index in [4.69, 9.17) is 0 Å². The second kappa shape index (κ2) is 4.11. The average molecular weight is 219 g/mol. The number of aryl methyl sites for hydroxylation is 1. The number of ketones is 1. The first-order valence-corrected chi connectivity index (χ1v) is 5.92. The van der Waals surface area contributed by atoms with Crippen LogP contribution >= 0.6 is 11.3 Å². The first-order valence-electron chi connectivity index (χ1n) is 5.11. The maximum atomic E-state index is 11.2. The number of hydrogen-bond acceptors (Lipinski definition) is 3. The summed E-state index contributed by atoms with van der Waals surface area (Å²) in [5.74, 6) is 0.0493. The fourth-order valence-electron chi connectivity index (χ4n) is 1.56. The Morgan fingerprint density at radius 2 is 2.27 bits per heavy atom. The van der Waals surface area contributed by atoms with Gasteiger partial charge in [0.1, 0.15) is 0 Å². The van der Waals surface area contributed by atoms with Crippen molar-refractivity contribution in [2.24, 2.45) is 0 Å². The smallest absolute Gasteiger partial charge is 0.188 e. The topological polar surface area (TPSA) is 30.0 Å². The number of rotatable bonds is 3. The maximum absolute atomic E-state index is 11.2. The highest BCUT2D eigenvalue weighted by Gasteiger charge is 2.07. The summed E-state index contributed by atoms with van der Waals surface area (Å²) in [5.41, 5.74) is 2.26. The fraction of sp³-hybridized carbons (Fsp3) is 0.333. The van der Waals surface area contributed by atoms with Crippen LogP contribution in [-0.2, 0) is 6.42 Å². The molecule has 0 unspecified atom stereocenters. The summed E-state index contributed by atoms with van der Waals surface area (Å²) in [7, 11) is 0. The third-order valence-electron chi connectivity index (χ3n) is 2.29. The van der Waals surface area contributed by atoms with E-state index in [1.54, 1.807) is 6.92 Å². The molecule has 3 heteroatoms. The third kappa shape index (κ3) is 2.07. The molecule has 0 aliphatic heterocycles. The van der Waals surface area contributed by atoms with E-state index in [0.717, 1.165) is 23.1 Å². The lowest BCUT2D eigenvalue weighted by Gasteiger charge is -1.96. The zero-order valence-corrected chi connectivity index (χ0v) is 9.73. The zero-order chi connectivity index (χ0) is 10.8. The van der Waals surface area contributed by atoms with Crippen LogP contribution in [0.25, 0.3) is 10.2 Å². The molecule has 0 bridgehead atoms. The summed E-state index contributed by atoms with van der Waals surface area (Å²) in [4.78, 5) is 15.5. The van der Waals surface area contributed by atoms with E-state index in [9.17, 15) is 4.79 Å². The molecule has 2 rings (SSSR count). The summed E-state index contributed by atoms with van der Waals surface area (Å²) < 4.78 is 1.12. The van der Waals surface area contributed by atoms with Gasteiger partial charge >= 0.3 is 0 Å². The van der Waals surface area contributed by atoms with E-state index >= 15 is 0 Å². The predicted octanol–water partition coefficient (Wildman–Crippen LogP) is 3.45. The number of benzene rings is 1. The van der Waals surface area contributed by atoms with Gasteiger partial charge in [0.15, 0.2) is 10.8 Å². The van der Waals surface area contributed by atoms with Crippen LogP contribution in [0.4, 0.5) is 0 Å². The van der Waals surface area contributed by atoms with Crippen LogP contribution in [-0.4, -0.2) is 10.8 Å². The standard InChI is InChI=1S/C12H13NOS/c1-3-4-9-5-6-10-11(7-9)15-12(13-10)8(2)14/h5-7H,3-4H2,1-2H3. The second-order valence-corrected chi connectivity index (χ2v) is 4.66. The van der Waals surface area contributed by atoms with Crippen LogP contribution in [0, 0.1) is 0 Å². The van der Waals surface area contributed by atoms with Gasteiger partial charge in [-0.15, -0.1) is 11.3 Å². The largest absolute Gasteiger partial charge is 0.292 e. The maximum Gasteiger partial charge on any atom is 0.188 e. The van der Waals surface area contributed by atoms with Gasteiger partial charge in [-0.3, -0.25) is 4.79 Å². The molecule has 0 spiro atoms. The summed E-state index contributed by atoms with van der Waals surface area (Å²) >= 11 is 1.48. The van der Waals surface area contributed by atoms with Crippen molar-refractivity contribution in [3.05, 3.63) is 28.8 Å². The lowest BCUT2D eigenvalue weighted by molar-refractivity contribution is 0.101. The molecule has 15 heavy (non-hydrogen) atoms. The molecule has 1 aromatic heterocycles. The molecule has 0 amide bonds. The number of thiazole rings is 1. The summed E-state index contributed by atoms with van der Waals surface area (Å²) in [6.45, 7) is 3.72. The number of fused-ring (bicyclic) bond motifs is 1. The summed E-state index contributed by atoms with van der Waals surface area (Å²) in [5, 5.41) is 0.610. The molecule has 0 aliphatic carbocycles. The van der Waals surface area contributed by atoms with Gasteiger partial charge in [-0.1, -0.05) is 19.4 Å². The van der Waals surface area contributed by atoms with E-state index in [1.807, 2.05) is 6.07 Å². The van der Waals surface area contributed by atoms with Gasteiger partial charge in [0.05, 0.1) is 10.2 Å². The summed E-state index contributed by atoms with van der Waals surface area (Å²) in [6, 6.07) is 6.24. The lowest BCUT2D eigenvalue weighted by Crippen LogP contribution is -1.88. The molecule has 0 aliphatic rings.